The second-order valence-corrected chi connectivity index (χ2v) is 11.0. The molecule has 0 aliphatic heterocycles. The van der Waals surface area contributed by atoms with Crippen molar-refractivity contribution in [2.75, 3.05) is 6.61 Å². The van der Waals surface area contributed by atoms with Crippen LogP contribution in [0.2, 0.25) is 5.02 Å². The number of aryl methyl sites for hydroxylation is 1. The molecule has 0 saturated carbocycles. The molecule has 0 spiro atoms. The van der Waals surface area contributed by atoms with Crippen molar-refractivity contribution in [1.82, 2.24) is 9.66 Å². The van der Waals surface area contributed by atoms with Crippen LogP contribution in [0.3, 0.4) is 0 Å². The topological polar surface area (TPSA) is 103 Å². The summed E-state index contributed by atoms with van der Waals surface area (Å²) >= 11 is 6.53. The Bertz CT molecular complexity index is 1950. The van der Waals surface area contributed by atoms with Gasteiger partial charge >= 0.3 is 5.97 Å². The van der Waals surface area contributed by atoms with Crippen LogP contribution in [-0.2, 0) is 6.61 Å². The quantitative estimate of drug-likeness (QED) is 0.163. The molecule has 1 N–H and O–H groups in total. The summed E-state index contributed by atoms with van der Waals surface area (Å²) in [6.45, 7) is 8.81. The third-order valence-corrected chi connectivity index (χ3v) is 7.42. The van der Waals surface area contributed by atoms with Gasteiger partial charge in [0.2, 0.25) is 0 Å². The highest BCUT2D eigenvalue weighted by Gasteiger charge is 2.18. The van der Waals surface area contributed by atoms with Crippen LogP contribution in [0.1, 0.15) is 59.3 Å². The Morgan fingerprint density at radius 2 is 1.82 bits per heavy atom. The van der Waals surface area contributed by atoms with Crippen molar-refractivity contribution in [2.24, 2.45) is 5.10 Å². The molecule has 9 heteroatoms. The Morgan fingerprint density at radius 3 is 2.55 bits per heavy atom. The molecule has 8 nitrogen and oxygen atoms in total. The largest absolute Gasteiger partial charge is 0.494 e. The molecule has 5 aromatic rings. The normalized spacial score (nSPS) is 11.4. The SMILES string of the molecule is CCOc1cc(C)c(-c2nc3ccccc3c(=O)n2N=Cc2ccc(OCc3cccc(C(=O)O)c3)c(Cl)c2)cc1C(C)C. The molecule has 0 atom stereocenters. The average molecular weight is 610 g/mol. The summed E-state index contributed by atoms with van der Waals surface area (Å²) in [6.07, 6.45) is 1.56. The molecule has 0 amide bonds. The number of para-hydroxylation sites is 1. The predicted molar refractivity (Wildman–Crippen MR) is 174 cm³/mol. The fourth-order valence-electron chi connectivity index (χ4n) is 4.87. The minimum atomic E-state index is -1.00. The fraction of sp³-hybridized carbons (Fsp3) is 0.200. The van der Waals surface area contributed by atoms with Crippen LogP contribution in [0.5, 0.6) is 11.5 Å². The first-order chi connectivity index (χ1) is 21.2. The highest BCUT2D eigenvalue weighted by molar-refractivity contribution is 6.32. The lowest BCUT2D eigenvalue weighted by Crippen LogP contribution is -2.20. The Hall–Kier alpha value is -4.95. The van der Waals surface area contributed by atoms with Gasteiger partial charge in [-0.05, 0) is 96.6 Å². The van der Waals surface area contributed by atoms with Crippen LogP contribution in [0.15, 0.2) is 88.8 Å². The number of benzene rings is 4. The first-order valence-corrected chi connectivity index (χ1v) is 14.6. The van der Waals surface area contributed by atoms with Crippen LogP contribution < -0.4 is 15.0 Å². The molecule has 0 saturated heterocycles. The number of hydrogen-bond donors (Lipinski definition) is 1. The number of hydrogen-bond acceptors (Lipinski definition) is 6. The van der Waals surface area contributed by atoms with E-state index in [-0.39, 0.29) is 23.6 Å². The van der Waals surface area contributed by atoms with Gasteiger partial charge in [0.25, 0.3) is 5.56 Å². The van der Waals surface area contributed by atoms with Crippen LogP contribution in [0, 0.1) is 6.92 Å². The monoisotopic (exact) mass is 609 g/mol. The third-order valence-electron chi connectivity index (χ3n) is 7.12. The van der Waals surface area contributed by atoms with Gasteiger partial charge in [-0.2, -0.15) is 9.78 Å². The second kappa shape index (κ2) is 13.1. The van der Waals surface area contributed by atoms with Crippen LogP contribution in [-0.4, -0.2) is 33.6 Å². The number of carboxylic acid groups (broad SMARTS) is 1. The summed E-state index contributed by atoms with van der Waals surface area (Å²) < 4.78 is 13.1. The molecule has 0 aliphatic rings. The maximum atomic E-state index is 13.8. The zero-order valence-electron chi connectivity index (χ0n) is 24.9. The van der Waals surface area contributed by atoms with Crippen LogP contribution in [0.4, 0.5) is 0 Å². The molecular weight excluding hydrogens is 578 g/mol. The van der Waals surface area contributed by atoms with Gasteiger partial charge in [-0.25, -0.2) is 9.78 Å². The van der Waals surface area contributed by atoms with Gasteiger partial charge in [-0.3, -0.25) is 4.79 Å². The van der Waals surface area contributed by atoms with Crippen LogP contribution >= 0.6 is 11.6 Å². The summed E-state index contributed by atoms with van der Waals surface area (Å²) in [6, 6.07) is 22.9. The Labute approximate surface area is 260 Å². The van der Waals surface area contributed by atoms with Gasteiger partial charge in [0, 0.05) is 5.56 Å². The van der Waals surface area contributed by atoms with Crippen molar-refractivity contribution in [1.29, 1.82) is 0 Å². The van der Waals surface area contributed by atoms with E-state index in [4.69, 9.17) is 26.1 Å². The van der Waals surface area contributed by atoms with E-state index >= 15 is 0 Å². The van der Waals surface area contributed by atoms with E-state index in [0.717, 1.165) is 22.4 Å². The number of carbonyl (C=O) groups is 1. The van der Waals surface area contributed by atoms with Crippen molar-refractivity contribution in [2.45, 2.75) is 40.2 Å². The molecule has 0 fully saturated rings. The second-order valence-electron chi connectivity index (χ2n) is 10.6. The van der Waals surface area contributed by atoms with E-state index in [1.54, 1.807) is 54.7 Å². The molecule has 0 aliphatic carbocycles. The van der Waals surface area contributed by atoms with Crippen molar-refractivity contribution < 1.29 is 19.4 Å². The van der Waals surface area contributed by atoms with Crippen molar-refractivity contribution >= 4 is 34.7 Å². The molecule has 1 heterocycles. The summed E-state index contributed by atoms with van der Waals surface area (Å²) in [5.41, 5.74) is 4.52. The summed E-state index contributed by atoms with van der Waals surface area (Å²) in [4.78, 5) is 29.9. The molecule has 0 radical (unpaired) electrons. The van der Waals surface area contributed by atoms with Crippen LogP contribution in [0.25, 0.3) is 22.3 Å². The molecule has 224 valence electrons. The summed E-state index contributed by atoms with van der Waals surface area (Å²) in [7, 11) is 0. The smallest absolute Gasteiger partial charge is 0.335 e. The molecule has 0 bridgehead atoms. The average Bonchev–Trinajstić information content (AvgIpc) is 3.00. The number of aromatic nitrogens is 2. The van der Waals surface area contributed by atoms with E-state index in [0.29, 0.717) is 45.2 Å². The highest BCUT2D eigenvalue weighted by atomic mass is 35.5. The molecule has 1 aromatic heterocycles. The van der Waals surface area contributed by atoms with Crippen molar-refractivity contribution in [3.05, 3.63) is 122 Å². The minimum absolute atomic E-state index is 0.148. The number of rotatable bonds is 10. The predicted octanol–water partition coefficient (Wildman–Crippen LogP) is 7.71. The zero-order chi connectivity index (χ0) is 31.4. The number of fused-ring (bicyclic) bond motifs is 1. The Balaban J connectivity index is 1.51. The number of carboxylic acids is 1. The fourth-order valence-corrected chi connectivity index (χ4v) is 5.11. The molecule has 0 unspecified atom stereocenters. The zero-order valence-corrected chi connectivity index (χ0v) is 25.6. The standard InChI is InChI=1S/C35H32ClN3O5/c1-5-43-32-15-22(4)28(18-27(32)21(2)3)33-38-30-12-7-6-11-26(30)34(40)39(33)37-19-23-13-14-31(29(36)17-23)44-20-24-9-8-10-25(16-24)35(41)42/h6-19,21H,5,20H2,1-4H3,(H,41,42). The van der Waals surface area contributed by atoms with E-state index in [1.807, 2.05) is 38.1 Å². The van der Waals surface area contributed by atoms with E-state index in [9.17, 15) is 14.7 Å². The lowest BCUT2D eigenvalue weighted by molar-refractivity contribution is 0.0696. The van der Waals surface area contributed by atoms with Gasteiger partial charge < -0.3 is 14.6 Å². The summed E-state index contributed by atoms with van der Waals surface area (Å²) in [5, 5.41) is 14.6. The molecule has 5 rings (SSSR count). The van der Waals surface area contributed by atoms with Gasteiger partial charge in [-0.1, -0.05) is 49.7 Å². The summed E-state index contributed by atoms with van der Waals surface area (Å²) in [5.74, 6) is 0.844. The molecule has 44 heavy (non-hydrogen) atoms. The van der Waals surface area contributed by atoms with Gasteiger partial charge in [0.05, 0.1) is 34.3 Å². The lowest BCUT2D eigenvalue weighted by atomic mass is 9.96. The number of halogens is 1. The first-order valence-electron chi connectivity index (χ1n) is 14.2. The van der Waals surface area contributed by atoms with Gasteiger partial charge in [-0.15, -0.1) is 0 Å². The molecular formula is C35H32ClN3O5. The third kappa shape index (κ3) is 6.50. The number of nitrogens with zero attached hydrogens (tertiary/aromatic N) is 3. The maximum Gasteiger partial charge on any atom is 0.335 e. The van der Waals surface area contributed by atoms with E-state index < -0.39 is 5.97 Å². The Morgan fingerprint density at radius 1 is 1.02 bits per heavy atom. The lowest BCUT2D eigenvalue weighted by Gasteiger charge is -2.18. The van der Waals surface area contributed by atoms with E-state index in [2.05, 4.69) is 18.9 Å². The maximum absolute atomic E-state index is 13.8. The molecule has 4 aromatic carbocycles. The first kappa shape index (κ1) is 30.5. The Kier molecular flexibility index (Phi) is 9.11. The van der Waals surface area contributed by atoms with Crippen molar-refractivity contribution in [3.63, 3.8) is 0 Å². The van der Waals surface area contributed by atoms with E-state index in [1.165, 1.54) is 10.7 Å². The number of ether oxygens (including phenoxy) is 2. The van der Waals surface area contributed by atoms with Crippen molar-refractivity contribution in [3.8, 4) is 22.9 Å². The highest BCUT2D eigenvalue weighted by Crippen LogP contribution is 2.34. The minimum Gasteiger partial charge on any atom is -0.494 e. The number of aromatic carboxylic acids is 1. The van der Waals surface area contributed by atoms with Gasteiger partial charge in [0.1, 0.15) is 18.1 Å². The van der Waals surface area contributed by atoms with Gasteiger partial charge in [0.15, 0.2) is 5.82 Å².